The Kier molecular flexibility index (Phi) is 11.2. The highest BCUT2D eigenvalue weighted by Crippen LogP contribution is 2.48. The minimum absolute atomic E-state index is 0.0258. The lowest BCUT2D eigenvalue weighted by atomic mass is 9.75. The molecule has 2 fully saturated rings. The van der Waals surface area contributed by atoms with Crippen molar-refractivity contribution in [1.29, 1.82) is 0 Å². The second-order valence-corrected chi connectivity index (χ2v) is 18.2. The summed E-state index contributed by atoms with van der Waals surface area (Å²) in [5.74, 6) is 0.407. The highest BCUT2D eigenvalue weighted by molar-refractivity contribution is 14.1. The number of hydrogen-bond donors (Lipinski definition) is 1. The summed E-state index contributed by atoms with van der Waals surface area (Å²) in [7, 11) is -1.83. The molecule has 2 heterocycles. The lowest BCUT2D eigenvalue weighted by Crippen LogP contribution is -2.61. The number of ether oxygens (including phenoxy) is 2. The van der Waals surface area contributed by atoms with E-state index in [4.69, 9.17) is 13.9 Å². The SMILES string of the molecule is CC[C@@H](/C=C/I)CC[C@@H]1O[C@]2(CC[C@H](C)[C@H](C[C@@H](C)O[Si](C)(C)C(C)(C)C)O2)[C@H](C)[C@H](O)[C@@H]1C. The molecule has 200 valence electrons. The zero-order valence-electron chi connectivity index (χ0n) is 23.6. The molecule has 0 aromatic heterocycles. The molecule has 0 amide bonds. The first-order chi connectivity index (χ1) is 15.7. The van der Waals surface area contributed by atoms with Crippen LogP contribution in [0, 0.1) is 23.7 Å². The predicted octanol–water partition coefficient (Wildman–Crippen LogP) is 8.09. The van der Waals surface area contributed by atoms with Gasteiger partial charge in [0, 0.05) is 24.4 Å². The summed E-state index contributed by atoms with van der Waals surface area (Å²) in [4.78, 5) is 0. The third-order valence-electron chi connectivity index (χ3n) is 9.17. The first-order valence-corrected chi connectivity index (χ1v) is 17.8. The number of hydrogen-bond acceptors (Lipinski definition) is 4. The number of aliphatic hydroxyl groups excluding tert-OH is 1. The minimum atomic E-state index is -1.83. The van der Waals surface area contributed by atoms with E-state index in [2.05, 4.69) is 101 Å². The Bertz CT molecular complexity index is 663. The summed E-state index contributed by atoms with van der Waals surface area (Å²) in [6.45, 7) is 22.5. The van der Waals surface area contributed by atoms with Crippen molar-refractivity contribution < 1.29 is 19.0 Å². The third kappa shape index (κ3) is 7.30. The largest absolute Gasteiger partial charge is 0.414 e. The molecule has 9 atom stereocenters. The van der Waals surface area contributed by atoms with Crippen LogP contribution in [0.5, 0.6) is 0 Å². The van der Waals surface area contributed by atoms with Gasteiger partial charge in [-0.05, 0) is 73.1 Å². The molecule has 2 aliphatic heterocycles. The molecule has 34 heavy (non-hydrogen) atoms. The van der Waals surface area contributed by atoms with Gasteiger partial charge < -0.3 is 19.0 Å². The normalized spacial score (nSPS) is 37.3. The smallest absolute Gasteiger partial charge is 0.192 e. The van der Waals surface area contributed by atoms with Gasteiger partial charge in [0.15, 0.2) is 14.1 Å². The van der Waals surface area contributed by atoms with Crippen molar-refractivity contribution in [2.24, 2.45) is 23.7 Å². The summed E-state index contributed by atoms with van der Waals surface area (Å²) in [6.07, 6.45) is 8.11. The fourth-order valence-corrected chi connectivity index (χ4v) is 7.49. The molecule has 1 N–H and O–H groups in total. The maximum absolute atomic E-state index is 11.2. The average molecular weight is 609 g/mol. The Morgan fingerprint density at radius 3 is 2.35 bits per heavy atom. The maximum atomic E-state index is 11.2. The molecule has 0 radical (unpaired) electrons. The van der Waals surface area contributed by atoms with Crippen LogP contribution in [0.4, 0.5) is 0 Å². The van der Waals surface area contributed by atoms with Crippen LogP contribution in [0.1, 0.15) is 93.9 Å². The van der Waals surface area contributed by atoms with E-state index >= 15 is 0 Å². The Hall–Kier alpha value is 0.527. The zero-order chi connectivity index (χ0) is 25.9. The first-order valence-electron chi connectivity index (χ1n) is 13.7. The van der Waals surface area contributed by atoms with Gasteiger partial charge >= 0.3 is 0 Å². The standard InChI is InChI=1S/C28H53IO4Si/c1-11-23(15-17-29)12-13-24-21(4)26(30)22(5)28(31-24)16-14-19(2)25(32-28)18-20(3)33-34(9,10)27(6,7)8/h15,17,19-26,30H,11-14,16,18H2,1-10H3/b17-15+/t19-,20+,21+,22+,23+,24-,25-,26+,28-/m0/s1. The summed E-state index contributed by atoms with van der Waals surface area (Å²) < 4.78 is 22.5. The summed E-state index contributed by atoms with van der Waals surface area (Å²) in [5.41, 5.74) is 0. The molecular weight excluding hydrogens is 555 g/mol. The lowest BCUT2D eigenvalue weighted by Gasteiger charge is -2.55. The molecule has 0 saturated carbocycles. The van der Waals surface area contributed by atoms with Crippen LogP contribution in [0.3, 0.4) is 0 Å². The van der Waals surface area contributed by atoms with Gasteiger partial charge in [-0.1, -0.05) is 77.1 Å². The lowest BCUT2D eigenvalue weighted by molar-refractivity contribution is -0.371. The van der Waals surface area contributed by atoms with Crippen LogP contribution in [0.25, 0.3) is 0 Å². The fraction of sp³-hybridized carbons (Fsp3) is 0.929. The summed E-state index contributed by atoms with van der Waals surface area (Å²) in [6, 6.07) is 0. The molecule has 0 aromatic carbocycles. The number of allylic oxidation sites excluding steroid dienone is 1. The van der Waals surface area contributed by atoms with E-state index in [0.29, 0.717) is 11.8 Å². The van der Waals surface area contributed by atoms with Gasteiger partial charge in [-0.2, -0.15) is 0 Å². The molecule has 2 rings (SSSR count). The Labute approximate surface area is 225 Å². The van der Waals surface area contributed by atoms with E-state index in [0.717, 1.165) is 38.5 Å². The van der Waals surface area contributed by atoms with Gasteiger partial charge in [0.25, 0.3) is 0 Å². The molecule has 6 heteroatoms. The second-order valence-electron chi connectivity index (χ2n) is 12.8. The Balaban J connectivity index is 2.14. The zero-order valence-corrected chi connectivity index (χ0v) is 26.7. The molecule has 1 spiro atoms. The van der Waals surface area contributed by atoms with Gasteiger partial charge in [0.1, 0.15) is 0 Å². The van der Waals surface area contributed by atoms with Crippen molar-refractivity contribution in [2.45, 2.75) is 142 Å². The van der Waals surface area contributed by atoms with Crippen LogP contribution < -0.4 is 0 Å². The van der Waals surface area contributed by atoms with Gasteiger partial charge in [0.05, 0.1) is 18.3 Å². The predicted molar refractivity (Wildman–Crippen MR) is 154 cm³/mol. The highest BCUT2D eigenvalue weighted by Gasteiger charge is 2.54. The van der Waals surface area contributed by atoms with Crippen molar-refractivity contribution in [3.8, 4) is 0 Å². The molecule has 2 aliphatic rings. The van der Waals surface area contributed by atoms with Gasteiger partial charge in [0.2, 0.25) is 0 Å². The van der Waals surface area contributed by atoms with Gasteiger partial charge in [-0.3, -0.25) is 0 Å². The van der Waals surface area contributed by atoms with Crippen LogP contribution in [0.2, 0.25) is 18.1 Å². The van der Waals surface area contributed by atoms with Crippen LogP contribution >= 0.6 is 22.6 Å². The average Bonchev–Trinajstić information content (AvgIpc) is 2.74. The van der Waals surface area contributed by atoms with Gasteiger partial charge in [-0.15, -0.1) is 0 Å². The van der Waals surface area contributed by atoms with Crippen LogP contribution in [-0.4, -0.2) is 43.6 Å². The number of aliphatic hydroxyl groups is 1. The van der Waals surface area contributed by atoms with E-state index in [9.17, 15) is 5.11 Å². The maximum Gasteiger partial charge on any atom is 0.192 e. The van der Waals surface area contributed by atoms with E-state index in [-0.39, 0.29) is 35.2 Å². The van der Waals surface area contributed by atoms with Gasteiger partial charge in [-0.25, -0.2) is 0 Å². The van der Waals surface area contributed by atoms with E-state index in [1.165, 1.54) is 0 Å². The summed E-state index contributed by atoms with van der Waals surface area (Å²) >= 11 is 2.31. The topological polar surface area (TPSA) is 47.9 Å². The van der Waals surface area contributed by atoms with Crippen molar-refractivity contribution in [2.75, 3.05) is 0 Å². The quantitative estimate of drug-likeness (QED) is 0.212. The van der Waals surface area contributed by atoms with E-state index in [1.807, 2.05) is 0 Å². The minimum Gasteiger partial charge on any atom is -0.414 e. The monoisotopic (exact) mass is 608 g/mol. The molecule has 0 bridgehead atoms. The fourth-order valence-electron chi connectivity index (χ4n) is 5.45. The molecule has 2 saturated heterocycles. The first kappa shape index (κ1) is 30.7. The third-order valence-corrected chi connectivity index (χ3v) is 14.2. The van der Waals surface area contributed by atoms with Crippen LogP contribution in [0.15, 0.2) is 10.2 Å². The second kappa shape index (κ2) is 12.4. The molecule has 0 aromatic rings. The number of halogens is 1. The summed E-state index contributed by atoms with van der Waals surface area (Å²) in [5, 5.41) is 11.4. The van der Waals surface area contributed by atoms with E-state index in [1.54, 1.807) is 0 Å². The molecule has 0 unspecified atom stereocenters. The van der Waals surface area contributed by atoms with Crippen LogP contribution in [-0.2, 0) is 13.9 Å². The molecule has 0 aliphatic carbocycles. The van der Waals surface area contributed by atoms with Crippen molar-refractivity contribution in [3.63, 3.8) is 0 Å². The highest BCUT2D eigenvalue weighted by atomic mass is 127. The molecular formula is C28H53IO4Si. The van der Waals surface area contributed by atoms with E-state index < -0.39 is 20.2 Å². The Morgan fingerprint density at radius 2 is 1.79 bits per heavy atom. The molecule has 4 nitrogen and oxygen atoms in total. The van der Waals surface area contributed by atoms with Crippen molar-refractivity contribution in [1.82, 2.24) is 0 Å². The Morgan fingerprint density at radius 1 is 1.18 bits per heavy atom. The van der Waals surface area contributed by atoms with Crippen molar-refractivity contribution >= 4 is 30.9 Å². The van der Waals surface area contributed by atoms with Crippen molar-refractivity contribution in [3.05, 3.63) is 10.2 Å². The number of rotatable bonds is 9.